The van der Waals surface area contributed by atoms with E-state index in [0.717, 1.165) is 25.3 Å². The molecule has 0 amide bonds. The van der Waals surface area contributed by atoms with Gasteiger partial charge in [-0.1, -0.05) is 19.3 Å². The largest absolute Gasteiger partial charge is 0.375 e. The molecule has 0 bridgehead atoms. The van der Waals surface area contributed by atoms with E-state index in [2.05, 4.69) is 15.3 Å². The van der Waals surface area contributed by atoms with Gasteiger partial charge in [-0.2, -0.15) is 0 Å². The Labute approximate surface area is 108 Å². The molecule has 2 aliphatic rings. The van der Waals surface area contributed by atoms with E-state index in [1.165, 1.54) is 32.1 Å². The molecule has 1 saturated heterocycles. The lowest BCUT2D eigenvalue weighted by Crippen LogP contribution is -2.45. The number of nitrogens with zero attached hydrogens (tertiary/aromatic N) is 2. The van der Waals surface area contributed by atoms with Crippen molar-refractivity contribution in [3.63, 3.8) is 0 Å². The smallest absolute Gasteiger partial charge is 0.144 e. The molecule has 2 heterocycles. The third kappa shape index (κ3) is 2.64. The van der Waals surface area contributed by atoms with E-state index in [1.54, 1.807) is 18.6 Å². The quantitative estimate of drug-likeness (QED) is 0.873. The molecule has 4 nitrogen and oxygen atoms in total. The first-order valence-electron chi connectivity index (χ1n) is 7.03. The fraction of sp³-hybridized carbons (Fsp3) is 0.714. The van der Waals surface area contributed by atoms with Crippen LogP contribution in [0.2, 0.25) is 0 Å². The summed E-state index contributed by atoms with van der Waals surface area (Å²) in [5.41, 5.74) is 0.149. The van der Waals surface area contributed by atoms with E-state index in [0.29, 0.717) is 6.04 Å². The number of nitrogens with one attached hydrogen (secondary N) is 1. The van der Waals surface area contributed by atoms with Crippen molar-refractivity contribution in [2.45, 2.75) is 56.6 Å². The van der Waals surface area contributed by atoms with E-state index in [4.69, 9.17) is 4.74 Å². The fourth-order valence-electron chi connectivity index (χ4n) is 3.28. The molecule has 1 aliphatic carbocycles. The number of rotatable bonds is 2. The minimum absolute atomic E-state index is 0.149. The van der Waals surface area contributed by atoms with Crippen LogP contribution in [0.5, 0.6) is 0 Å². The fourth-order valence-corrected chi connectivity index (χ4v) is 3.28. The highest BCUT2D eigenvalue weighted by Gasteiger charge is 2.38. The molecule has 0 radical (unpaired) electrons. The second-order valence-corrected chi connectivity index (χ2v) is 5.52. The Hall–Kier alpha value is -1.16. The molecule has 1 aromatic heterocycles. The van der Waals surface area contributed by atoms with Crippen LogP contribution in [-0.2, 0) is 4.74 Å². The van der Waals surface area contributed by atoms with Gasteiger partial charge < -0.3 is 10.1 Å². The average molecular weight is 247 g/mol. The maximum absolute atomic E-state index is 6.10. The van der Waals surface area contributed by atoms with Gasteiger partial charge in [-0.05, 0) is 25.7 Å². The molecule has 1 saturated carbocycles. The van der Waals surface area contributed by atoms with Crippen LogP contribution >= 0.6 is 0 Å². The predicted molar refractivity (Wildman–Crippen MR) is 70.4 cm³/mol. The number of hydrogen-bond acceptors (Lipinski definition) is 4. The molecular formula is C14H21N3O. The summed E-state index contributed by atoms with van der Waals surface area (Å²) in [6, 6.07) is 0.480. The summed E-state index contributed by atoms with van der Waals surface area (Å²) in [7, 11) is 0. The highest BCUT2D eigenvalue weighted by atomic mass is 16.5. The molecule has 3 rings (SSSR count). The normalized spacial score (nSPS) is 27.0. The minimum atomic E-state index is 0.149. The van der Waals surface area contributed by atoms with Gasteiger partial charge in [0.15, 0.2) is 0 Å². The molecule has 98 valence electrons. The van der Waals surface area contributed by atoms with Crippen molar-refractivity contribution in [1.82, 2.24) is 9.97 Å². The van der Waals surface area contributed by atoms with Crippen molar-refractivity contribution in [3.05, 3.63) is 18.6 Å². The van der Waals surface area contributed by atoms with E-state index >= 15 is 0 Å². The van der Waals surface area contributed by atoms with Crippen molar-refractivity contribution in [3.8, 4) is 0 Å². The number of hydrogen-bond donors (Lipinski definition) is 1. The van der Waals surface area contributed by atoms with Crippen LogP contribution in [0.3, 0.4) is 0 Å². The first-order valence-corrected chi connectivity index (χ1v) is 7.03. The highest BCUT2D eigenvalue weighted by molar-refractivity contribution is 5.31. The van der Waals surface area contributed by atoms with Crippen molar-refractivity contribution in [1.29, 1.82) is 0 Å². The van der Waals surface area contributed by atoms with Crippen LogP contribution in [0, 0.1) is 0 Å². The van der Waals surface area contributed by atoms with Crippen molar-refractivity contribution < 1.29 is 4.74 Å². The topological polar surface area (TPSA) is 47.0 Å². The molecule has 0 unspecified atom stereocenters. The lowest BCUT2D eigenvalue weighted by atomic mass is 9.78. The molecule has 1 aliphatic heterocycles. The first-order chi connectivity index (χ1) is 8.86. The summed E-state index contributed by atoms with van der Waals surface area (Å²) in [4.78, 5) is 8.39. The Morgan fingerprint density at radius 1 is 1.22 bits per heavy atom. The maximum Gasteiger partial charge on any atom is 0.144 e. The van der Waals surface area contributed by atoms with Gasteiger partial charge in [0.1, 0.15) is 5.82 Å². The molecule has 0 aromatic carbocycles. The monoisotopic (exact) mass is 247 g/mol. The Bertz CT molecular complexity index is 370. The van der Waals surface area contributed by atoms with Crippen LogP contribution < -0.4 is 5.32 Å². The summed E-state index contributed by atoms with van der Waals surface area (Å²) < 4.78 is 6.10. The zero-order chi connectivity index (χ0) is 12.3. The molecule has 1 atom stereocenters. The molecule has 4 heteroatoms. The van der Waals surface area contributed by atoms with Gasteiger partial charge in [-0.15, -0.1) is 0 Å². The maximum atomic E-state index is 6.10. The van der Waals surface area contributed by atoms with Crippen LogP contribution in [0.1, 0.15) is 44.9 Å². The molecule has 1 spiro atoms. The van der Waals surface area contributed by atoms with Crippen LogP contribution in [-0.4, -0.2) is 28.2 Å². The third-order valence-corrected chi connectivity index (χ3v) is 4.17. The minimum Gasteiger partial charge on any atom is -0.375 e. The number of ether oxygens (including phenoxy) is 1. The summed E-state index contributed by atoms with van der Waals surface area (Å²) in [5, 5.41) is 3.50. The van der Waals surface area contributed by atoms with Gasteiger partial charge in [0.25, 0.3) is 0 Å². The van der Waals surface area contributed by atoms with Crippen molar-refractivity contribution >= 4 is 5.82 Å². The molecule has 1 aromatic rings. The number of anilines is 1. The van der Waals surface area contributed by atoms with Gasteiger partial charge in [-0.25, -0.2) is 4.98 Å². The van der Waals surface area contributed by atoms with Gasteiger partial charge in [0.2, 0.25) is 0 Å². The Kier molecular flexibility index (Phi) is 3.46. The van der Waals surface area contributed by atoms with Gasteiger partial charge >= 0.3 is 0 Å². The van der Waals surface area contributed by atoms with Crippen molar-refractivity contribution in [2.75, 3.05) is 11.9 Å². The summed E-state index contributed by atoms with van der Waals surface area (Å²) in [6.07, 6.45) is 13.9. The zero-order valence-electron chi connectivity index (χ0n) is 10.8. The summed E-state index contributed by atoms with van der Waals surface area (Å²) in [6.45, 7) is 0.873. The van der Waals surface area contributed by atoms with E-state index in [1.807, 2.05) is 0 Å². The first kappa shape index (κ1) is 11.9. The molecule has 1 N–H and O–H groups in total. The zero-order valence-corrected chi connectivity index (χ0v) is 10.8. The SMILES string of the molecule is c1cnc(N[C@H]2CCOC3(CCCCC3)C2)cn1. The Morgan fingerprint density at radius 2 is 2.11 bits per heavy atom. The standard InChI is InChI=1S/C14H21N3O/c1-2-5-14(6-3-1)10-12(4-9-18-14)17-13-11-15-7-8-16-13/h7-8,11-12H,1-6,9-10H2,(H,16,17)/t12-/m0/s1. The average Bonchev–Trinajstić information content (AvgIpc) is 2.41. The predicted octanol–water partition coefficient (Wildman–Crippen LogP) is 2.77. The van der Waals surface area contributed by atoms with Crippen molar-refractivity contribution in [2.24, 2.45) is 0 Å². The van der Waals surface area contributed by atoms with Crippen LogP contribution in [0.25, 0.3) is 0 Å². The van der Waals surface area contributed by atoms with E-state index in [-0.39, 0.29) is 5.60 Å². The number of aromatic nitrogens is 2. The molecule has 18 heavy (non-hydrogen) atoms. The lowest BCUT2D eigenvalue weighted by Gasteiger charge is -2.43. The molecule has 2 fully saturated rings. The Balaban J connectivity index is 1.63. The van der Waals surface area contributed by atoms with Gasteiger partial charge in [-0.3, -0.25) is 4.98 Å². The summed E-state index contributed by atoms with van der Waals surface area (Å²) >= 11 is 0. The van der Waals surface area contributed by atoms with Gasteiger partial charge in [0.05, 0.1) is 11.8 Å². The van der Waals surface area contributed by atoms with E-state index < -0.39 is 0 Å². The highest BCUT2D eigenvalue weighted by Crippen LogP contribution is 2.39. The lowest BCUT2D eigenvalue weighted by molar-refractivity contribution is -0.103. The molecular weight excluding hydrogens is 226 g/mol. The van der Waals surface area contributed by atoms with Crippen LogP contribution in [0.15, 0.2) is 18.6 Å². The second kappa shape index (κ2) is 5.22. The summed E-state index contributed by atoms with van der Waals surface area (Å²) in [5.74, 6) is 0.885. The Morgan fingerprint density at radius 3 is 2.89 bits per heavy atom. The van der Waals surface area contributed by atoms with Crippen LogP contribution in [0.4, 0.5) is 5.82 Å². The van der Waals surface area contributed by atoms with E-state index in [9.17, 15) is 0 Å². The van der Waals surface area contributed by atoms with Gasteiger partial charge in [0, 0.05) is 25.0 Å². The third-order valence-electron chi connectivity index (χ3n) is 4.17. The second-order valence-electron chi connectivity index (χ2n) is 5.52.